The third kappa shape index (κ3) is 4.15. The summed E-state index contributed by atoms with van der Waals surface area (Å²) >= 11 is 0. The summed E-state index contributed by atoms with van der Waals surface area (Å²) in [5.41, 5.74) is 1.67. The maximum Gasteiger partial charge on any atom is 0.269 e. The average Bonchev–Trinajstić information content (AvgIpc) is 2.60. The van der Waals surface area contributed by atoms with Crippen LogP contribution in [0.5, 0.6) is 0 Å². The van der Waals surface area contributed by atoms with E-state index in [0.29, 0.717) is 12.2 Å². The van der Waals surface area contributed by atoms with E-state index in [-0.39, 0.29) is 11.9 Å². The topological polar surface area (TPSA) is 45.2 Å². The number of carbonyl (C=O) groups is 1. The number of pyridine rings is 1. The van der Waals surface area contributed by atoms with E-state index in [1.807, 2.05) is 24.3 Å². The van der Waals surface area contributed by atoms with Crippen LogP contribution < -0.4 is 5.32 Å². The molecule has 4 heteroatoms. The summed E-state index contributed by atoms with van der Waals surface area (Å²) in [5, 5.41) is 3.00. The van der Waals surface area contributed by atoms with Gasteiger partial charge in [0.2, 0.25) is 0 Å². The summed E-state index contributed by atoms with van der Waals surface area (Å²) in [5.74, 6) is -0.131. The summed E-state index contributed by atoms with van der Waals surface area (Å²) in [6, 6.07) is 15.8. The highest BCUT2D eigenvalue weighted by atomic mass is 16.1. The Morgan fingerprint density at radius 2 is 1.77 bits per heavy atom. The molecule has 0 aliphatic rings. The number of rotatable bonds is 7. The molecule has 0 fully saturated rings. The molecule has 0 aliphatic heterocycles. The molecule has 1 heterocycles. The van der Waals surface area contributed by atoms with Gasteiger partial charge in [0.1, 0.15) is 5.69 Å². The Labute approximate surface area is 132 Å². The fraction of sp³-hybridized carbons (Fsp3) is 0.333. The molecule has 22 heavy (non-hydrogen) atoms. The number of nitrogens with one attached hydrogen (secondary N) is 1. The summed E-state index contributed by atoms with van der Waals surface area (Å²) < 4.78 is 0. The highest BCUT2D eigenvalue weighted by Crippen LogP contribution is 2.19. The molecular weight excluding hydrogens is 274 g/mol. The first-order chi connectivity index (χ1) is 10.8. The van der Waals surface area contributed by atoms with Crippen LogP contribution in [0.25, 0.3) is 0 Å². The highest BCUT2D eigenvalue weighted by molar-refractivity contribution is 5.92. The van der Waals surface area contributed by atoms with E-state index in [9.17, 15) is 4.79 Å². The van der Waals surface area contributed by atoms with Gasteiger partial charge in [-0.05, 0) is 30.8 Å². The van der Waals surface area contributed by atoms with E-state index in [4.69, 9.17) is 0 Å². The Kier molecular flexibility index (Phi) is 6.10. The lowest BCUT2D eigenvalue weighted by Gasteiger charge is -2.30. The molecule has 0 saturated carbocycles. The van der Waals surface area contributed by atoms with Crippen molar-refractivity contribution < 1.29 is 4.79 Å². The second-order valence-electron chi connectivity index (χ2n) is 5.07. The quantitative estimate of drug-likeness (QED) is 0.854. The van der Waals surface area contributed by atoms with Gasteiger partial charge < -0.3 is 5.32 Å². The second-order valence-corrected chi connectivity index (χ2v) is 5.07. The van der Waals surface area contributed by atoms with Gasteiger partial charge >= 0.3 is 0 Å². The maximum atomic E-state index is 12.2. The summed E-state index contributed by atoms with van der Waals surface area (Å²) in [6.07, 6.45) is 1.63. The number of likely N-dealkylation sites (N-methyl/N-ethyl adjacent to an activating group) is 1. The number of aromatic nitrogens is 1. The van der Waals surface area contributed by atoms with Crippen LogP contribution in [-0.4, -0.2) is 35.4 Å². The molecule has 0 bridgehead atoms. The van der Waals surface area contributed by atoms with E-state index in [0.717, 1.165) is 13.1 Å². The molecule has 0 saturated heterocycles. The Balaban J connectivity index is 2.09. The predicted octanol–water partition coefficient (Wildman–Crippen LogP) is 2.89. The van der Waals surface area contributed by atoms with E-state index < -0.39 is 0 Å². The van der Waals surface area contributed by atoms with Gasteiger partial charge in [-0.15, -0.1) is 0 Å². The van der Waals surface area contributed by atoms with E-state index in [2.05, 4.69) is 41.2 Å². The number of hydrogen-bond acceptors (Lipinski definition) is 3. The van der Waals surface area contributed by atoms with Gasteiger partial charge in [0, 0.05) is 12.7 Å². The first-order valence-corrected chi connectivity index (χ1v) is 7.74. The third-order valence-corrected chi connectivity index (χ3v) is 3.79. The van der Waals surface area contributed by atoms with Crippen molar-refractivity contribution in [1.82, 2.24) is 15.2 Å². The lowest BCUT2D eigenvalue weighted by Crippen LogP contribution is -2.38. The average molecular weight is 297 g/mol. The molecule has 1 N–H and O–H groups in total. The molecule has 0 aliphatic carbocycles. The van der Waals surface area contributed by atoms with Gasteiger partial charge in [0.25, 0.3) is 5.91 Å². The van der Waals surface area contributed by atoms with Crippen LogP contribution in [0.3, 0.4) is 0 Å². The van der Waals surface area contributed by atoms with E-state index in [1.54, 1.807) is 18.3 Å². The van der Waals surface area contributed by atoms with Gasteiger partial charge in [0.15, 0.2) is 0 Å². The zero-order chi connectivity index (χ0) is 15.8. The van der Waals surface area contributed by atoms with Crippen molar-refractivity contribution in [3.8, 4) is 0 Å². The number of carbonyl (C=O) groups excluding carboxylic acids is 1. The maximum absolute atomic E-state index is 12.2. The Morgan fingerprint density at radius 1 is 1.09 bits per heavy atom. The lowest BCUT2D eigenvalue weighted by molar-refractivity contribution is 0.0930. The highest BCUT2D eigenvalue weighted by Gasteiger charge is 2.19. The Morgan fingerprint density at radius 3 is 2.36 bits per heavy atom. The number of nitrogens with zero attached hydrogens (tertiary/aromatic N) is 2. The molecular formula is C18H23N3O. The number of amides is 1. The fourth-order valence-corrected chi connectivity index (χ4v) is 2.57. The van der Waals surface area contributed by atoms with Gasteiger partial charge in [0.05, 0.1) is 6.04 Å². The first-order valence-electron chi connectivity index (χ1n) is 7.74. The van der Waals surface area contributed by atoms with Crippen molar-refractivity contribution in [1.29, 1.82) is 0 Å². The number of hydrogen-bond donors (Lipinski definition) is 1. The molecule has 116 valence electrons. The van der Waals surface area contributed by atoms with Crippen LogP contribution in [0.1, 0.15) is 35.9 Å². The van der Waals surface area contributed by atoms with Crippen LogP contribution in [0.15, 0.2) is 54.7 Å². The molecule has 1 aromatic heterocycles. The smallest absolute Gasteiger partial charge is 0.269 e. The monoisotopic (exact) mass is 297 g/mol. The van der Waals surface area contributed by atoms with Crippen molar-refractivity contribution >= 4 is 5.91 Å². The van der Waals surface area contributed by atoms with Crippen molar-refractivity contribution in [3.05, 3.63) is 66.0 Å². The van der Waals surface area contributed by atoms with Gasteiger partial charge in [-0.25, -0.2) is 0 Å². The minimum atomic E-state index is -0.131. The van der Waals surface area contributed by atoms with Gasteiger partial charge in [-0.3, -0.25) is 14.7 Å². The van der Waals surface area contributed by atoms with E-state index >= 15 is 0 Å². The summed E-state index contributed by atoms with van der Waals surface area (Å²) in [7, 11) is 0. The molecule has 1 aromatic carbocycles. The zero-order valence-corrected chi connectivity index (χ0v) is 13.2. The van der Waals surface area contributed by atoms with E-state index in [1.165, 1.54) is 5.56 Å². The minimum Gasteiger partial charge on any atom is -0.349 e. The molecule has 0 radical (unpaired) electrons. The van der Waals surface area contributed by atoms with Crippen LogP contribution in [0.4, 0.5) is 0 Å². The van der Waals surface area contributed by atoms with Crippen LogP contribution in [0, 0.1) is 0 Å². The largest absolute Gasteiger partial charge is 0.349 e. The van der Waals surface area contributed by atoms with Crippen LogP contribution >= 0.6 is 0 Å². The van der Waals surface area contributed by atoms with Gasteiger partial charge in [-0.2, -0.15) is 0 Å². The standard InChI is InChI=1S/C18H23N3O/c1-3-21(4-2)17(15-10-6-5-7-11-15)14-20-18(22)16-12-8-9-13-19-16/h5-13,17H,3-4,14H2,1-2H3,(H,20,22)/t17-/m1/s1. The zero-order valence-electron chi connectivity index (χ0n) is 13.2. The third-order valence-electron chi connectivity index (χ3n) is 3.79. The molecule has 0 spiro atoms. The summed E-state index contributed by atoms with van der Waals surface area (Å²) in [6.45, 7) is 6.73. The van der Waals surface area contributed by atoms with Crippen LogP contribution in [0.2, 0.25) is 0 Å². The SMILES string of the molecule is CCN(CC)[C@H](CNC(=O)c1ccccn1)c1ccccc1. The first kappa shape index (κ1) is 16.2. The molecule has 4 nitrogen and oxygen atoms in total. The van der Waals surface area contributed by atoms with Crippen LogP contribution in [-0.2, 0) is 0 Å². The number of benzene rings is 1. The Hall–Kier alpha value is -2.20. The van der Waals surface area contributed by atoms with Crippen molar-refractivity contribution in [2.45, 2.75) is 19.9 Å². The van der Waals surface area contributed by atoms with Gasteiger partial charge in [-0.1, -0.05) is 50.2 Å². The second kappa shape index (κ2) is 8.29. The molecule has 0 unspecified atom stereocenters. The molecule has 2 rings (SSSR count). The minimum absolute atomic E-state index is 0.131. The summed E-state index contributed by atoms with van der Waals surface area (Å²) in [4.78, 5) is 18.6. The lowest BCUT2D eigenvalue weighted by atomic mass is 10.1. The predicted molar refractivity (Wildman–Crippen MR) is 88.7 cm³/mol. The fourth-order valence-electron chi connectivity index (χ4n) is 2.57. The molecule has 1 amide bonds. The normalized spacial score (nSPS) is 12.1. The Bertz CT molecular complexity index is 567. The molecule has 1 atom stereocenters. The van der Waals surface area contributed by atoms with Crippen molar-refractivity contribution in [3.63, 3.8) is 0 Å². The van der Waals surface area contributed by atoms with Crippen molar-refractivity contribution in [2.75, 3.05) is 19.6 Å². The van der Waals surface area contributed by atoms with Crippen molar-refractivity contribution in [2.24, 2.45) is 0 Å². The molecule has 2 aromatic rings.